The molecular weight excluding hydrogens is 163 g/mol. The van der Waals surface area contributed by atoms with E-state index in [1.165, 1.54) is 0 Å². The van der Waals surface area contributed by atoms with Crippen molar-refractivity contribution in [3.05, 3.63) is 24.0 Å². The topological polar surface area (TPSA) is 15.8 Å². The second-order valence-corrected chi connectivity index (χ2v) is 1.29. The molecule has 1 N–H and O–H groups in total. The van der Waals surface area contributed by atoms with Crippen molar-refractivity contribution in [3.8, 4) is 0 Å². The largest absolute Gasteiger partial charge is 0.482 e. The molecule has 0 fully saturated rings. The molecule has 0 bridgehead atoms. The van der Waals surface area contributed by atoms with Crippen molar-refractivity contribution in [1.82, 2.24) is 4.98 Å². The Labute approximate surface area is 68.4 Å². The van der Waals surface area contributed by atoms with Crippen molar-refractivity contribution < 1.29 is 32.7 Å². The van der Waals surface area contributed by atoms with Crippen molar-refractivity contribution in [2.45, 2.75) is 6.92 Å². The Hall–Kier alpha value is 0.384. The minimum absolute atomic E-state index is 0. The number of rotatable bonds is 0. The van der Waals surface area contributed by atoms with Gasteiger partial charge in [-0.3, -0.25) is 0 Å². The van der Waals surface area contributed by atoms with E-state index >= 15 is 0 Å². The molecule has 1 heterocycles. The van der Waals surface area contributed by atoms with Crippen LogP contribution in [0.1, 0.15) is 5.69 Å². The molecule has 35 valence electrons. The maximum absolute atomic E-state index is 2.88. The van der Waals surface area contributed by atoms with Crippen molar-refractivity contribution in [3.63, 3.8) is 0 Å². The third kappa shape index (κ3) is 2.25. The Balaban J connectivity index is 0.000000360. The molecule has 0 amide bonds. The van der Waals surface area contributed by atoms with Crippen LogP contribution in [0.3, 0.4) is 0 Å². The molecule has 0 saturated heterocycles. The van der Waals surface area contributed by atoms with Crippen molar-refractivity contribution >= 4 is 0 Å². The van der Waals surface area contributed by atoms with Gasteiger partial charge in [-0.25, -0.2) is 0 Å². The molecule has 0 atom stereocenters. The van der Waals surface area contributed by atoms with Gasteiger partial charge in [0, 0.05) is 32.7 Å². The fraction of sp³-hybridized carbons (Fsp3) is 0.200. The summed E-state index contributed by atoms with van der Waals surface area (Å²) in [5.41, 5.74) is 1.16. The average molecular weight is 169 g/mol. The number of aromatic amines is 1. The monoisotopic (exact) mass is 169 g/mol. The molecule has 0 spiro atoms. The Morgan fingerprint density at radius 1 is 1.71 bits per heavy atom. The van der Waals surface area contributed by atoms with Crippen molar-refractivity contribution in [1.29, 1.82) is 0 Å². The Bertz CT molecular complexity index is 112. The van der Waals surface area contributed by atoms with E-state index in [0.29, 0.717) is 0 Å². The summed E-state index contributed by atoms with van der Waals surface area (Å²) in [5, 5.41) is 0. The molecule has 7 heavy (non-hydrogen) atoms. The molecule has 2 heteroatoms. The number of aryl methyl sites for hydroxylation is 1. The first-order valence-electron chi connectivity index (χ1n) is 1.91. The van der Waals surface area contributed by atoms with Gasteiger partial charge in [-0.15, -0.1) is 11.9 Å². The first kappa shape index (κ1) is 7.38. The minimum atomic E-state index is 0. The molecule has 0 unspecified atom stereocenters. The van der Waals surface area contributed by atoms with E-state index in [9.17, 15) is 0 Å². The van der Waals surface area contributed by atoms with Crippen LogP contribution < -0.4 is 0 Å². The maximum atomic E-state index is 2.88. The normalized spacial score (nSPS) is 7.57. The maximum Gasteiger partial charge on any atom is 0 e. The van der Waals surface area contributed by atoms with Crippen molar-refractivity contribution in [2.75, 3.05) is 0 Å². The van der Waals surface area contributed by atoms with E-state index in [1.807, 2.05) is 19.1 Å². The van der Waals surface area contributed by atoms with Crippen LogP contribution in [0.25, 0.3) is 0 Å². The van der Waals surface area contributed by atoms with Crippen LogP contribution in [-0.2, 0) is 32.7 Å². The zero-order chi connectivity index (χ0) is 4.41. The van der Waals surface area contributed by atoms with E-state index in [0.717, 1.165) is 5.69 Å². The van der Waals surface area contributed by atoms with E-state index in [4.69, 9.17) is 0 Å². The predicted octanol–water partition coefficient (Wildman–Crippen LogP) is 1.12. The fourth-order valence-electron chi connectivity index (χ4n) is 0.364. The third-order valence-corrected chi connectivity index (χ3v) is 0.686. The molecule has 0 saturated carbocycles. The van der Waals surface area contributed by atoms with Crippen LogP contribution in [0.5, 0.6) is 0 Å². The zero-order valence-electron chi connectivity index (χ0n) is 4.23. The quantitative estimate of drug-likeness (QED) is 0.560. The SMILES string of the molecule is Cc1cc[c-][nH]1.[Y]. The summed E-state index contributed by atoms with van der Waals surface area (Å²) >= 11 is 0. The van der Waals surface area contributed by atoms with Gasteiger partial charge in [0.25, 0.3) is 0 Å². The zero-order valence-corrected chi connectivity index (χ0v) is 7.07. The second kappa shape index (κ2) is 3.39. The molecule has 1 nitrogen and oxygen atoms in total. The first-order chi connectivity index (χ1) is 2.89. The molecule has 0 aliphatic rings. The minimum Gasteiger partial charge on any atom is -0.482 e. The molecule has 0 aliphatic carbocycles. The van der Waals surface area contributed by atoms with Gasteiger partial charge >= 0.3 is 0 Å². The van der Waals surface area contributed by atoms with E-state index < -0.39 is 0 Å². The summed E-state index contributed by atoms with van der Waals surface area (Å²) in [5.74, 6) is 0. The van der Waals surface area contributed by atoms with Crippen LogP contribution in [0.4, 0.5) is 0 Å². The molecule has 1 rings (SSSR count). The molecule has 1 aromatic heterocycles. The molecule has 1 radical (unpaired) electrons. The van der Waals surface area contributed by atoms with Crippen LogP contribution in [0.2, 0.25) is 0 Å². The van der Waals surface area contributed by atoms with Gasteiger partial charge in [-0.05, 0) is 0 Å². The van der Waals surface area contributed by atoms with Crippen molar-refractivity contribution in [2.24, 2.45) is 0 Å². The summed E-state index contributed by atoms with van der Waals surface area (Å²) in [7, 11) is 0. The van der Waals surface area contributed by atoms with Crippen LogP contribution in [-0.4, -0.2) is 4.98 Å². The smallest absolute Gasteiger partial charge is 0 e. The summed E-state index contributed by atoms with van der Waals surface area (Å²) < 4.78 is 0. The number of nitrogens with one attached hydrogen (secondary N) is 1. The standard InChI is InChI=1S/C5H6N.Y/c1-5-3-2-4-6-5;/h2-3,6H,1H3;/q-1;. The number of hydrogen-bond donors (Lipinski definition) is 1. The van der Waals surface area contributed by atoms with Gasteiger partial charge < -0.3 is 4.98 Å². The van der Waals surface area contributed by atoms with Gasteiger partial charge in [-0.1, -0.05) is 6.92 Å². The van der Waals surface area contributed by atoms with Crippen LogP contribution in [0, 0.1) is 13.1 Å². The summed E-state index contributed by atoms with van der Waals surface area (Å²) in [6.45, 7) is 2.00. The molecule has 0 aromatic carbocycles. The molecular formula is C5H6NY-. The van der Waals surface area contributed by atoms with E-state index in [1.54, 1.807) is 0 Å². The van der Waals surface area contributed by atoms with Crippen LogP contribution in [0.15, 0.2) is 12.1 Å². The fourth-order valence-corrected chi connectivity index (χ4v) is 0.364. The average Bonchev–Trinajstić information content (AvgIpc) is 1.86. The summed E-state index contributed by atoms with van der Waals surface area (Å²) in [4.78, 5) is 2.88. The Morgan fingerprint density at radius 2 is 2.43 bits per heavy atom. The first-order valence-corrected chi connectivity index (χ1v) is 1.91. The van der Waals surface area contributed by atoms with E-state index in [2.05, 4.69) is 11.2 Å². The van der Waals surface area contributed by atoms with Gasteiger partial charge in [0.15, 0.2) is 0 Å². The third-order valence-electron chi connectivity index (χ3n) is 0.686. The molecule has 1 aromatic rings. The summed E-state index contributed by atoms with van der Waals surface area (Å²) in [6.07, 6.45) is 2.80. The second-order valence-electron chi connectivity index (χ2n) is 1.29. The molecule has 0 aliphatic heterocycles. The number of aromatic nitrogens is 1. The van der Waals surface area contributed by atoms with Gasteiger partial charge in [0.2, 0.25) is 0 Å². The Morgan fingerprint density at radius 3 is 2.57 bits per heavy atom. The van der Waals surface area contributed by atoms with Gasteiger partial charge in [0.1, 0.15) is 0 Å². The van der Waals surface area contributed by atoms with Gasteiger partial charge in [-0.2, -0.15) is 12.1 Å². The van der Waals surface area contributed by atoms with E-state index in [-0.39, 0.29) is 32.7 Å². The number of hydrogen-bond acceptors (Lipinski definition) is 0. The van der Waals surface area contributed by atoms with Gasteiger partial charge in [0.05, 0.1) is 0 Å². The predicted molar refractivity (Wildman–Crippen MR) is 24.4 cm³/mol. The Kier molecular flexibility index (Phi) is 3.58. The van der Waals surface area contributed by atoms with Crippen LogP contribution >= 0.6 is 0 Å². The number of H-pyrrole nitrogens is 1. The summed E-state index contributed by atoms with van der Waals surface area (Å²) in [6, 6.07) is 3.83.